The van der Waals surface area contributed by atoms with Gasteiger partial charge in [-0.3, -0.25) is 18.6 Å². The minimum atomic E-state index is -5.72. The van der Waals surface area contributed by atoms with Crippen molar-refractivity contribution >= 4 is 25.7 Å². The Labute approximate surface area is 579 Å². The number of rotatable bonds is 58. The van der Waals surface area contributed by atoms with Crippen LogP contribution in [-0.4, -0.2) is 204 Å². The van der Waals surface area contributed by atoms with Crippen LogP contribution < -0.4 is 0 Å². The molecule has 0 amide bonds. The highest BCUT2D eigenvalue weighted by Gasteiger charge is 2.58. The second-order valence-electron chi connectivity index (χ2n) is 27.1. The lowest BCUT2D eigenvalue weighted by Gasteiger charge is -2.49. The predicted octanol–water partition coefficient (Wildman–Crippen LogP) is 10.1. The van der Waals surface area contributed by atoms with Crippen molar-refractivity contribution in [1.82, 2.24) is 0 Å². The van der Waals surface area contributed by atoms with Crippen molar-refractivity contribution in [2.45, 2.75) is 388 Å². The van der Waals surface area contributed by atoms with E-state index in [9.17, 15) is 74.9 Å². The first-order chi connectivity index (χ1) is 46.8. The quantitative estimate of drug-likeness (QED) is 0.00673. The van der Waals surface area contributed by atoms with Crippen LogP contribution in [0.4, 0.5) is 0 Å². The Morgan fingerprint density at radius 1 is 0.423 bits per heavy atom. The number of hydrogen-bond donors (Lipinski definition) is 11. The van der Waals surface area contributed by atoms with E-state index in [0.717, 1.165) is 96.0 Å². The molecule has 97 heavy (non-hydrogen) atoms. The van der Waals surface area contributed by atoms with Gasteiger partial charge in [0, 0.05) is 18.9 Å². The average Bonchev–Trinajstić information content (AvgIpc) is 0.865. The number of phosphoric ester groups is 1. The molecule has 0 spiro atoms. The maximum absolute atomic E-state index is 14.3. The largest absolute Gasteiger partial charge is 0.472 e. The van der Waals surface area contributed by atoms with Crippen LogP contribution in [0, 0.1) is 0 Å². The standard InChI is InChI=1S/C72H131O24P/c1-4-7-10-13-16-19-22-25-27-29-32-35-38-41-44-47-57(75)89-52-55-60(78)62(80)67(85)72(93-55)95-69-65(83)63(81)64(82)68(94-71-66(84)61(79)59(77)54(49-73)92-71)70(69)96-97(86,87)90-51-53(50-88-56(74)46-43-40-37-34-31-24-21-18-15-12-9-6-3)91-58(76)48-45-42-39-36-33-30-28-26-23-20-17-14-11-8-5-2/h39,42,45,48,53-55,59-73,77-85H,4-38,40-41,43-44,46-47,49-52H2,1-3H3,(H,86,87)/b42-39+,48-45+. The molecule has 1 saturated carbocycles. The van der Waals surface area contributed by atoms with Gasteiger partial charge in [-0.25, -0.2) is 9.36 Å². The molecule has 0 aromatic rings. The number of unbranched alkanes of at least 4 members (excludes halogenated alkanes) is 36. The fourth-order valence-corrected chi connectivity index (χ4v) is 13.4. The number of ether oxygens (including phenoxy) is 7. The lowest BCUT2D eigenvalue weighted by Crippen LogP contribution is -2.69. The number of aliphatic hydroxyl groups excluding tert-OH is 10. The van der Waals surface area contributed by atoms with E-state index < -0.39 is 156 Å². The molecule has 2 saturated heterocycles. The molecule has 568 valence electrons. The first kappa shape index (κ1) is 88.7. The SMILES string of the molecule is CCCCCCCCCCCCC/C=C/C=C/C(=O)OC(COC(=O)CCCCCCCCCCCCCC)COP(=O)(O)OC1C(OC2OC(CO)C(O)C(O)C2O)C(O)C(O)C(O)C1OC1OC(COC(=O)CCCCCCCCCCCCCCCCC)C(O)C(O)C1O. The molecule has 1 aliphatic carbocycles. The third-order valence-electron chi connectivity index (χ3n) is 18.6. The van der Waals surface area contributed by atoms with E-state index in [1.807, 2.05) is 6.08 Å². The molecular weight excluding hydrogens is 1280 g/mol. The van der Waals surface area contributed by atoms with Crippen molar-refractivity contribution < 1.29 is 117 Å². The zero-order valence-electron chi connectivity index (χ0n) is 59.1. The fourth-order valence-electron chi connectivity index (χ4n) is 12.4. The van der Waals surface area contributed by atoms with Crippen molar-refractivity contribution in [1.29, 1.82) is 0 Å². The second kappa shape index (κ2) is 54.1. The van der Waals surface area contributed by atoms with Crippen LogP contribution in [0.3, 0.4) is 0 Å². The van der Waals surface area contributed by atoms with E-state index in [1.165, 1.54) is 154 Å². The molecule has 2 aliphatic heterocycles. The molecule has 0 radical (unpaired) electrons. The van der Waals surface area contributed by atoms with E-state index in [2.05, 4.69) is 20.8 Å². The predicted molar refractivity (Wildman–Crippen MR) is 365 cm³/mol. The first-order valence-electron chi connectivity index (χ1n) is 37.7. The summed E-state index contributed by atoms with van der Waals surface area (Å²) in [5.41, 5.74) is 0. The van der Waals surface area contributed by atoms with Gasteiger partial charge < -0.3 is 89.1 Å². The van der Waals surface area contributed by atoms with Crippen LogP contribution in [0.25, 0.3) is 0 Å². The molecule has 18 atom stereocenters. The molecule has 0 aromatic carbocycles. The van der Waals surface area contributed by atoms with Crippen molar-refractivity contribution in [2.24, 2.45) is 0 Å². The Morgan fingerprint density at radius 3 is 1.20 bits per heavy atom. The van der Waals surface area contributed by atoms with Crippen molar-refractivity contribution in [3.63, 3.8) is 0 Å². The number of phosphoric acid groups is 1. The van der Waals surface area contributed by atoms with Gasteiger partial charge in [-0.1, -0.05) is 264 Å². The van der Waals surface area contributed by atoms with Gasteiger partial charge in [0.1, 0.15) is 98.7 Å². The monoisotopic (exact) mass is 1410 g/mol. The van der Waals surface area contributed by atoms with E-state index in [-0.39, 0.29) is 12.8 Å². The summed E-state index contributed by atoms with van der Waals surface area (Å²) in [5, 5.41) is 110. The number of aliphatic hydroxyl groups is 10. The van der Waals surface area contributed by atoms with Gasteiger partial charge in [-0.15, -0.1) is 0 Å². The summed E-state index contributed by atoms with van der Waals surface area (Å²) in [6.07, 6.45) is 14.6. The lowest BCUT2D eigenvalue weighted by atomic mass is 9.84. The Bertz CT molecular complexity index is 2110. The summed E-state index contributed by atoms with van der Waals surface area (Å²) < 4.78 is 64.7. The van der Waals surface area contributed by atoms with E-state index >= 15 is 0 Å². The highest BCUT2D eigenvalue weighted by atomic mass is 31.2. The summed E-state index contributed by atoms with van der Waals surface area (Å²) in [4.78, 5) is 50.8. The summed E-state index contributed by atoms with van der Waals surface area (Å²) in [5.74, 6) is -2.24. The van der Waals surface area contributed by atoms with Crippen molar-refractivity contribution in [2.75, 3.05) is 26.4 Å². The van der Waals surface area contributed by atoms with Crippen LogP contribution in [0.1, 0.15) is 284 Å². The summed E-state index contributed by atoms with van der Waals surface area (Å²) in [6, 6.07) is 0. The maximum Gasteiger partial charge on any atom is 0.472 e. The molecule has 3 fully saturated rings. The molecule has 0 bridgehead atoms. The molecule has 11 N–H and O–H groups in total. The van der Waals surface area contributed by atoms with Gasteiger partial charge in [0.2, 0.25) is 0 Å². The molecule has 18 unspecified atom stereocenters. The lowest BCUT2D eigenvalue weighted by molar-refractivity contribution is -0.360. The number of carbonyl (C=O) groups excluding carboxylic acids is 3. The van der Waals surface area contributed by atoms with Crippen molar-refractivity contribution in [3.8, 4) is 0 Å². The van der Waals surface area contributed by atoms with E-state index in [1.54, 1.807) is 6.08 Å². The average molecular weight is 1410 g/mol. The Morgan fingerprint density at radius 2 is 0.784 bits per heavy atom. The number of carbonyl (C=O) groups is 3. The van der Waals surface area contributed by atoms with Crippen LogP contribution in [0.2, 0.25) is 0 Å². The Balaban J connectivity index is 1.75. The van der Waals surface area contributed by atoms with Gasteiger partial charge in [0.15, 0.2) is 18.7 Å². The topological polar surface area (TPSA) is 374 Å². The van der Waals surface area contributed by atoms with Crippen LogP contribution in [0.15, 0.2) is 24.3 Å². The number of allylic oxidation sites excluding steroid dienone is 3. The van der Waals surface area contributed by atoms with Gasteiger partial charge in [-0.05, 0) is 25.7 Å². The highest BCUT2D eigenvalue weighted by molar-refractivity contribution is 7.47. The molecule has 3 aliphatic rings. The molecule has 0 aromatic heterocycles. The third-order valence-corrected chi connectivity index (χ3v) is 19.6. The van der Waals surface area contributed by atoms with Gasteiger partial charge in [-0.2, -0.15) is 0 Å². The minimum Gasteiger partial charge on any atom is -0.463 e. The smallest absolute Gasteiger partial charge is 0.463 e. The van der Waals surface area contributed by atoms with Crippen LogP contribution >= 0.6 is 7.82 Å². The van der Waals surface area contributed by atoms with Gasteiger partial charge >= 0.3 is 25.7 Å². The second-order valence-corrected chi connectivity index (χ2v) is 28.5. The van der Waals surface area contributed by atoms with E-state index in [0.29, 0.717) is 12.8 Å². The summed E-state index contributed by atoms with van der Waals surface area (Å²) in [7, 11) is -5.72. The Kier molecular flexibility index (Phi) is 49.5. The first-order valence-corrected chi connectivity index (χ1v) is 39.2. The molecule has 24 nitrogen and oxygen atoms in total. The third kappa shape index (κ3) is 37.4. The van der Waals surface area contributed by atoms with E-state index in [4.69, 9.17) is 42.2 Å². The fraction of sp³-hybridized carbons (Fsp3) is 0.903. The normalized spacial score (nSPS) is 27.9. The zero-order valence-corrected chi connectivity index (χ0v) is 60.0. The number of hydrogen-bond acceptors (Lipinski definition) is 23. The zero-order chi connectivity index (χ0) is 71.1. The molecule has 3 rings (SSSR count). The molecular formula is C72H131O24P. The summed E-state index contributed by atoms with van der Waals surface area (Å²) >= 11 is 0. The van der Waals surface area contributed by atoms with Gasteiger partial charge in [0.05, 0.1) is 13.2 Å². The summed E-state index contributed by atoms with van der Waals surface area (Å²) in [6.45, 7) is 3.34. The Hall–Kier alpha value is -2.56. The van der Waals surface area contributed by atoms with Crippen LogP contribution in [-0.2, 0) is 61.2 Å². The van der Waals surface area contributed by atoms with Gasteiger partial charge in [0.25, 0.3) is 0 Å². The number of esters is 3. The van der Waals surface area contributed by atoms with Crippen molar-refractivity contribution in [3.05, 3.63) is 24.3 Å². The maximum atomic E-state index is 14.3. The molecule has 25 heteroatoms. The molecule has 2 heterocycles. The highest BCUT2D eigenvalue weighted by Crippen LogP contribution is 2.49. The minimum absolute atomic E-state index is 0.0284. The van der Waals surface area contributed by atoms with Crippen LogP contribution in [0.5, 0.6) is 0 Å².